The first-order valence-electron chi connectivity index (χ1n) is 12.8. The second-order valence-corrected chi connectivity index (χ2v) is 11.8. The first-order valence-corrected chi connectivity index (χ1v) is 14.2. The maximum absolute atomic E-state index is 13.3. The van der Waals surface area contributed by atoms with Crippen LogP contribution in [0.2, 0.25) is 0 Å². The van der Waals surface area contributed by atoms with Gasteiger partial charge in [0.15, 0.2) is 0 Å². The third kappa shape index (κ3) is 5.54. The Labute approximate surface area is 219 Å². The molecule has 0 aromatic heterocycles. The highest BCUT2D eigenvalue weighted by Gasteiger charge is 2.31. The topological polar surface area (TPSA) is 87.3 Å². The molecule has 1 unspecified atom stereocenters. The van der Waals surface area contributed by atoms with Crippen molar-refractivity contribution in [3.63, 3.8) is 0 Å². The van der Waals surface area contributed by atoms with Crippen LogP contribution >= 0.6 is 0 Å². The molecule has 1 aliphatic carbocycles. The van der Waals surface area contributed by atoms with Gasteiger partial charge in [0, 0.05) is 31.6 Å². The van der Waals surface area contributed by atoms with E-state index in [4.69, 9.17) is 0 Å². The summed E-state index contributed by atoms with van der Waals surface area (Å²) < 4.78 is 28.5. The van der Waals surface area contributed by atoms with Crippen molar-refractivity contribution in [1.29, 1.82) is 0 Å². The first-order chi connectivity index (χ1) is 17.8. The van der Waals surface area contributed by atoms with Crippen LogP contribution in [0.4, 0.5) is 0 Å². The number of sulfonamides is 1. The average molecular weight is 516 g/mol. The molecule has 5 rings (SSSR count). The van der Waals surface area contributed by atoms with Gasteiger partial charge in [-0.2, -0.15) is 0 Å². The van der Waals surface area contributed by atoms with Gasteiger partial charge < -0.3 is 10.6 Å². The van der Waals surface area contributed by atoms with Gasteiger partial charge in [0.25, 0.3) is 0 Å². The highest BCUT2D eigenvalue weighted by atomic mass is 32.2. The van der Waals surface area contributed by atoms with E-state index in [9.17, 15) is 13.2 Å². The zero-order valence-electron chi connectivity index (χ0n) is 21.2. The minimum atomic E-state index is -3.66. The van der Waals surface area contributed by atoms with Crippen molar-refractivity contribution in [2.75, 3.05) is 19.6 Å². The van der Waals surface area contributed by atoms with Gasteiger partial charge in [-0.05, 0) is 60.2 Å². The van der Waals surface area contributed by atoms with Crippen LogP contribution in [0, 0.1) is 12.8 Å². The Morgan fingerprint density at radius 1 is 0.919 bits per heavy atom. The molecule has 1 heterocycles. The van der Waals surface area contributed by atoms with Crippen LogP contribution in [0.25, 0.3) is 11.6 Å². The zero-order valence-corrected chi connectivity index (χ0v) is 22.0. The molecule has 3 N–H and O–H groups in total. The molecule has 1 saturated heterocycles. The summed E-state index contributed by atoms with van der Waals surface area (Å²) in [6, 6.07) is 23.1. The van der Waals surface area contributed by atoms with E-state index in [1.807, 2.05) is 31.2 Å². The number of carbonyl (C=O) groups excluding carboxylic acids is 1. The largest absolute Gasteiger partial charge is 0.355 e. The molecular formula is C30H33N3O3S. The molecule has 0 bridgehead atoms. The van der Waals surface area contributed by atoms with Gasteiger partial charge in [0.1, 0.15) is 0 Å². The number of hydrogen-bond acceptors (Lipinski definition) is 4. The second kappa shape index (κ2) is 10.6. The van der Waals surface area contributed by atoms with Crippen molar-refractivity contribution in [1.82, 2.24) is 15.4 Å². The van der Waals surface area contributed by atoms with Crippen molar-refractivity contribution in [2.45, 2.75) is 37.1 Å². The van der Waals surface area contributed by atoms with Crippen LogP contribution in [-0.2, 0) is 14.8 Å². The van der Waals surface area contributed by atoms with Crippen molar-refractivity contribution in [2.24, 2.45) is 5.92 Å². The average Bonchev–Trinajstić information content (AvgIpc) is 3.01. The molecule has 3 atom stereocenters. The Kier molecular flexibility index (Phi) is 7.29. The van der Waals surface area contributed by atoms with Gasteiger partial charge in [-0.1, -0.05) is 72.3 Å². The second-order valence-electron chi connectivity index (χ2n) is 10.1. The van der Waals surface area contributed by atoms with Crippen molar-refractivity contribution >= 4 is 27.6 Å². The Bertz CT molecular complexity index is 1430. The van der Waals surface area contributed by atoms with Crippen molar-refractivity contribution < 1.29 is 13.2 Å². The van der Waals surface area contributed by atoms with Gasteiger partial charge in [0.2, 0.25) is 15.9 Å². The summed E-state index contributed by atoms with van der Waals surface area (Å²) in [5.41, 5.74) is 6.96. The minimum Gasteiger partial charge on any atom is -0.355 e. The fourth-order valence-electron chi connectivity index (χ4n) is 5.40. The number of fused-ring (bicyclic) bond motifs is 2. The van der Waals surface area contributed by atoms with Crippen LogP contribution < -0.4 is 15.4 Å². The predicted octanol–water partition coefficient (Wildman–Crippen LogP) is 4.07. The van der Waals surface area contributed by atoms with Gasteiger partial charge in [-0.15, -0.1) is 0 Å². The molecule has 1 aliphatic heterocycles. The Hall–Kier alpha value is -3.26. The van der Waals surface area contributed by atoms with Crippen LogP contribution in [0.3, 0.4) is 0 Å². The van der Waals surface area contributed by atoms with Crippen LogP contribution in [0.1, 0.15) is 47.1 Å². The van der Waals surface area contributed by atoms with Gasteiger partial charge in [0.05, 0.1) is 10.8 Å². The van der Waals surface area contributed by atoms with Crippen molar-refractivity contribution in [3.05, 3.63) is 101 Å². The van der Waals surface area contributed by atoms with Crippen molar-refractivity contribution in [3.8, 4) is 0 Å². The third-order valence-corrected chi connectivity index (χ3v) is 8.90. The quantitative estimate of drug-likeness (QED) is 0.462. The third-order valence-electron chi connectivity index (χ3n) is 7.36. The minimum absolute atomic E-state index is 0.0254. The van der Waals surface area contributed by atoms with Crippen LogP contribution in [0.5, 0.6) is 0 Å². The van der Waals surface area contributed by atoms with E-state index in [0.29, 0.717) is 26.1 Å². The van der Waals surface area contributed by atoms with Gasteiger partial charge >= 0.3 is 0 Å². The summed E-state index contributed by atoms with van der Waals surface area (Å²) in [4.78, 5) is 13.5. The lowest BCUT2D eigenvalue weighted by molar-refractivity contribution is -0.125. The Morgan fingerprint density at radius 3 is 2.41 bits per heavy atom. The molecule has 0 radical (unpaired) electrons. The van der Waals surface area contributed by atoms with E-state index in [1.54, 1.807) is 24.3 Å². The molecule has 192 valence electrons. The number of rotatable bonds is 6. The molecule has 3 aromatic carbocycles. The highest BCUT2D eigenvalue weighted by molar-refractivity contribution is 7.89. The highest BCUT2D eigenvalue weighted by Crippen LogP contribution is 2.37. The summed E-state index contributed by atoms with van der Waals surface area (Å²) in [5, 5.41) is 6.43. The van der Waals surface area contributed by atoms with E-state index in [1.165, 1.54) is 27.8 Å². The fraction of sp³-hybridized carbons (Fsp3) is 0.300. The van der Waals surface area contributed by atoms with E-state index >= 15 is 0 Å². The lowest BCUT2D eigenvalue weighted by atomic mass is 9.86. The van der Waals surface area contributed by atoms with Crippen LogP contribution in [0.15, 0.2) is 77.7 Å². The number of carbonyl (C=O) groups is 1. The summed E-state index contributed by atoms with van der Waals surface area (Å²) in [7, 11) is -3.66. The molecule has 1 fully saturated rings. The van der Waals surface area contributed by atoms with E-state index < -0.39 is 10.0 Å². The summed E-state index contributed by atoms with van der Waals surface area (Å²) in [6.45, 7) is 5.53. The van der Waals surface area contributed by atoms with Gasteiger partial charge in [-0.3, -0.25) is 4.79 Å². The smallest absolute Gasteiger partial charge is 0.240 e. The summed E-state index contributed by atoms with van der Waals surface area (Å²) in [5.74, 6) is -0.358. The SMILES string of the molecule is CC1=Cc2ccccc2C(CNC(=O)[C@@H]2CNC[C@@H](NS(=O)(=O)c3ccc(C)cc3)C2)c2ccccc21. The standard InChI is InChI=1S/C30H33N3O3S/c1-20-11-13-25(14-12-20)37(35,36)33-24-16-23(17-31-18-24)30(34)32-19-29-27-9-4-3-7-22(27)15-21(2)26-8-5-6-10-28(26)29/h3-15,23-24,29,31,33H,16-19H2,1-2H3,(H,32,34)/t23-,24-,29?/m0/s1. The molecule has 0 saturated carbocycles. The Morgan fingerprint density at radius 2 is 1.62 bits per heavy atom. The zero-order chi connectivity index (χ0) is 26.0. The number of hydrogen-bond donors (Lipinski definition) is 3. The molecule has 1 amide bonds. The molecule has 2 aliphatic rings. The van der Waals surface area contributed by atoms with Crippen LogP contribution in [-0.4, -0.2) is 40.0 Å². The maximum Gasteiger partial charge on any atom is 0.240 e. The molecule has 7 heteroatoms. The van der Waals surface area contributed by atoms with E-state index in [0.717, 1.165) is 5.56 Å². The van der Waals surface area contributed by atoms with E-state index in [2.05, 4.69) is 52.6 Å². The molecule has 0 spiro atoms. The lowest BCUT2D eigenvalue weighted by Gasteiger charge is -2.30. The maximum atomic E-state index is 13.3. The first kappa shape index (κ1) is 25.4. The summed E-state index contributed by atoms with van der Waals surface area (Å²) in [6.07, 6.45) is 2.66. The predicted molar refractivity (Wildman–Crippen MR) is 148 cm³/mol. The number of benzene rings is 3. The monoisotopic (exact) mass is 515 g/mol. The summed E-state index contributed by atoms with van der Waals surface area (Å²) >= 11 is 0. The van der Waals surface area contributed by atoms with Gasteiger partial charge in [-0.25, -0.2) is 13.1 Å². The number of piperidine rings is 1. The number of nitrogens with one attached hydrogen (secondary N) is 3. The number of allylic oxidation sites excluding steroid dienone is 1. The number of amides is 1. The Balaban J connectivity index is 1.28. The normalized spacial score (nSPS) is 21.2. The molecule has 37 heavy (non-hydrogen) atoms. The number of aryl methyl sites for hydroxylation is 1. The fourth-order valence-corrected chi connectivity index (χ4v) is 6.65. The molecular weight excluding hydrogens is 482 g/mol. The van der Waals surface area contributed by atoms with E-state index in [-0.39, 0.29) is 28.7 Å². The molecule has 3 aromatic rings. The molecule has 6 nitrogen and oxygen atoms in total. The lowest BCUT2D eigenvalue weighted by Crippen LogP contribution is -2.52.